The number of para-hydroxylation sites is 3. The van der Waals surface area contributed by atoms with Crippen LogP contribution in [-0.2, 0) is 0 Å². The largest absolute Gasteiger partial charge is 0.573 e. The number of benzene rings is 2. The molecule has 0 aliphatic heterocycles. The van der Waals surface area contributed by atoms with Crippen LogP contribution in [0.4, 0.5) is 18.9 Å². The SMILES string of the molecule is COc1ccccc1C=NNC(=S)Nc1ccccc1OC(F)(F)F. The van der Waals surface area contributed by atoms with Crippen LogP contribution in [-0.4, -0.2) is 24.8 Å². The molecule has 0 atom stereocenters. The number of alkyl halides is 3. The number of hydrogen-bond acceptors (Lipinski definition) is 4. The van der Waals surface area contributed by atoms with E-state index in [1.54, 1.807) is 18.2 Å². The molecule has 0 bridgehead atoms. The molecule has 2 rings (SSSR count). The number of ether oxygens (including phenoxy) is 2. The van der Waals surface area contributed by atoms with Gasteiger partial charge in [-0.3, -0.25) is 5.43 Å². The fraction of sp³-hybridized carbons (Fsp3) is 0.125. The maximum Gasteiger partial charge on any atom is 0.573 e. The van der Waals surface area contributed by atoms with Gasteiger partial charge in [-0.15, -0.1) is 13.2 Å². The molecule has 0 spiro atoms. The van der Waals surface area contributed by atoms with Crippen LogP contribution in [0.25, 0.3) is 0 Å². The summed E-state index contributed by atoms with van der Waals surface area (Å²) in [6, 6.07) is 12.7. The molecule has 0 saturated heterocycles. The second-order valence-corrected chi connectivity index (χ2v) is 5.02. The zero-order valence-corrected chi connectivity index (χ0v) is 13.8. The van der Waals surface area contributed by atoms with Crippen LogP contribution < -0.4 is 20.2 Å². The Kier molecular flexibility index (Phi) is 6.18. The number of rotatable bonds is 5. The molecule has 2 N–H and O–H groups in total. The Labute approximate surface area is 147 Å². The van der Waals surface area contributed by atoms with Crippen molar-refractivity contribution in [2.75, 3.05) is 12.4 Å². The average molecular weight is 369 g/mol. The highest BCUT2D eigenvalue weighted by molar-refractivity contribution is 7.80. The zero-order chi connectivity index (χ0) is 18.3. The van der Waals surface area contributed by atoms with E-state index < -0.39 is 12.1 Å². The number of halogens is 3. The van der Waals surface area contributed by atoms with Crippen molar-refractivity contribution in [3.05, 3.63) is 54.1 Å². The van der Waals surface area contributed by atoms with Crippen LogP contribution >= 0.6 is 12.2 Å². The normalized spacial score (nSPS) is 11.2. The van der Waals surface area contributed by atoms with E-state index in [2.05, 4.69) is 20.6 Å². The molecule has 0 amide bonds. The molecule has 0 aromatic heterocycles. The molecule has 0 saturated carbocycles. The van der Waals surface area contributed by atoms with Gasteiger partial charge in [-0.2, -0.15) is 5.10 Å². The first kappa shape index (κ1) is 18.5. The lowest BCUT2D eigenvalue weighted by atomic mass is 10.2. The molecule has 0 unspecified atom stereocenters. The Bertz CT molecular complexity index is 766. The standard InChI is InChI=1S/C16H14F3N3O2S/c1-23-13-8-4-2-6-11(13)10-20-22-15(25)21-12-7-3-5-9-14(12)24-16(17,18)19/h2-10H,1H3,(H2,21,22,25). The fourth-order valence-electron chi connectivity index (χ4n) is 1.87. The smallest absolute Gasteiger partial charge is 0.496 e. The number of anilines is 1. The van der Waals surface area contributed by atoms with Gasteiger partial charge in [-0.25, -0.2) is 0 Å². The molecule has 132 valence electrons. The third-order valence-electron chi connectivity index (χ3n) is 2.87. The van der Waals surface area contributed by atoms with Crippen molar-refractivity contribution in [3.63, 3.8) is 0 Å². The Balaban J connectivity index is 2.00. The second-order valence-electron chi connectivity index (χ2n) is 4.61. The molecule has 0 heterocycles. The topological polar surface area (TPSA) is 54.9 Å². The molecule has 9 heteroatoms. The monoisotopic (exact) mass is 369 g/mol. The van der Waals surface area contributed by atoms with Crippen LogP contribution in [0.3, 0.4) is 0 Å². The van der Waals surface area contributed by atoms with Gasteiger partial charge in [0.1, 0.15) is 5.75 Å². The number of hydrogen-bond donors (Lipinski definition) is 2. The summed E-state index contributed by atoms with van der Waals surface area (Å²) in [5.74, 6) is 0.226. The Morgan fingerprint density at radius 1 is 1.08 bits per heavy atom. The summed E-state index contributed by atoms with van der Waals surface area (Å²) in [4.78, 5) is 0. The van der Waals surface area contributed by atoms with E-state index in [0.29, 0.717) is 11.3 Å². The lowest BCUT2D eigenvalue weighted by Gasteiger charge is -2.14. The predicted octanol–water partition coefficient (Wildman–Crippen LogP) is 3.91. The molecular weight excluding hydrogens is 355 g/mol. The van der Waals surface area contributed by atoms with E-state index in [1.165, 1.54) is 31.5 Å². The zero-order valence-electron chi connectivity index (χ0n) is 13.0. The summed E-state index contributed by atoms with van der Waals surface area (Å²) >= 11 is 5.01. The third-order valence-corrected chi connectivity index (χ3v) is 3.06. The van der Waals surface area contributed by atoms with Gasteiger partial charge in [0.2, 0.25) is 0 Å². The Hall–Kier alpha value is -2.81. The molecule has 2 aromatic carbocycles. The summed E-state index contributed by atoms with van der Waals surface area (Å²) < 4.78 is 46.3. The van der Waals surface area contributed by atoms with Gasteiger partial charge < -0.3 is 14.8 Å². The summed E-state index contributed by atoms with van der Waals surface area (Å²) in [6.45, 7) is 0. The highest BCUT2D eigenvalue weighted by atomic mass is 32.1. The van der Waals surface area contributed by atoms with Crippen molar-refractivity contribution >= 4 is 29.2 Å². The first-order chi connectivity index (χ1) is 11.9. The van der Waals surface area contributed by atoms with Gasteiger partial charge in [0.25, 0.3) is 0 Å². The van der Waals surface area contributed by atoms with E-state index in [9.17, 15) is 13.2 Å². The number of methoxy groups -OCH3 is 1. The van der Waals surface area contributed by atoms with Gasteiger partial charge in [-0.1, -0.05) is 24.3 Å². The molecule has 0 radical (unpaired) electrons. The van der Waals surface area contributed by atoms with E-state index in [4.69, 9.17) is 17.0 Å². The molecule has 2 aromatic rings. The van der Waals surface area contributed by atoms with Gasteiger partial charge in [-0.05, 0) is 36.5 Å². The molecule has 5 nitrogen and oxygen atoms in total. The lowest BCUT2D eigenvalue weighted by molar-refractivity contribution is -0.274. The Morgan fingerprint density at radius 3 is 2.40 bits per heavy atom. The number of thiocarbonyl (C=S) groups is 1. The van der Waals surface area contributed by atoms with Crippen LogP contribution in [0.15, 0.2) is 53.6 Å². The summed E-state index contributed by atoms with van der Waals surface area (Å²) in [5, 5.41) is 6.53. The number of nitrogens with one attached hydrogen (secondary N) is 2. The first-order valence-corrected chi connectivity index (χ1v) is 7.38. The van der Waals surface area contributed by atoms with Crippen LogP contribution in [0, 0.1) is 0 Å². The van der Waals surface area contributed by atoms with Gasteiger partial charge in [0.05, 0.1) is 19.0 Å². The molecule has 0 aliphatic carbocycles. The van der Waals surface area contributed by atoms with Crippen molar-refractivity contribution in [1.82, 2.24) is 5.43 Å². The molecule has 0 fully saturated rings. The van der Waals surface area contributed by atoms with Crippen molar-refractivity contribution in [2.24, 2.45) is 5.10 Å². The summed E-state index contributed by atoms with van der Waals surface area (Å²) in [6.07, 6.45) is -3.32. The molecular formula is C16H14F3N3O2S. The van der Waals surface area contributed by atoms with E-state index >= 15 is 0 Å². The maximum absolute atomic E-state index is 12.4. The molecule has 25 heavy (non-hydrogen) atoms. The minimum Gasteiger partial charge on any atom is -0.496 e. The number of hydrazone groups is 1. The van der Waals surface area contributed by atoms with Crippen LogP contribution in [0.1, 0.15) is 5.56 Å². The third kappa shape index (κ3) is 5.96. The quantitative estimate of drug-likeness (QED) is 0.475. The number of nitrogens with zero attached hydrogens (tertiary/aromatic N) is 1. The lowest BCUT2D eigenvalue weighted by Crippen LogP contribution is -2.25. The van der Waals surface area contributed by atoms with Crippen molar-refractivity contribution < 1.29 is 22.6 Å². The predicted molar refractivity (Wildman–Crippen MR) is 93.1 cm³/mol. The average Bonchev–Trinajstić information content (AvgIpc) is 2.56. The van der Waals surface area contributed by atoms with Crippen molar-refractivity contribution in [2.45, 2.75) is 6.36 Å². The van der Waals surface area contributed by atoms with E-state index in [0.717, 1.165) is 0 Å². The summed E-state index contributed by atoms with van der Waals surface area (Å²) in [7, 11) is 1.53. The minimum atomic E-state index is -4.80. The van der Waals surface area contributed by atoms with Gasteiger partial charge in [0, 0.05) is 5.56 Å². The van der Waals surface area contributed by atoms with Gasteiger partial charge in [0.15, 0.2) is 10.9 Å². The fourth-order valence-corrected chi connectivity index (χ4v) is 2.03. The summed E-state index contributed by atoms with van der Waals surface area (Å²) in [5.41, 5.74) is 3.29. The highest BCUT2D eigenvalue weighted by Gasteiger charge is 2.32. The van der Waals surface area contributed by atoms with Crippen LogP contribution in [0.2, 0.25) is 0 Å². The second kappa shape index (κ2) is 8.34. The van der Waals surface area contributed by atoms with Crippen molar-refractivity contribution in [1.29, 1.82) is 0 Å². The van der Waals surface area contributed by atoms with Crippen molar-refractivity contribution in [3.8, 4) is 11.5 Å². The maximum atomic E-state index is 12.4. The van der Waals surface area contributed by atoms with E-state index in [1.807, 2.05) is 12.1 Å². The molecule has 0 aliphatic rings. The first-order valence-electron chi connectivity index (χ1n) is 6.97. The van der Waals surface area contributed by atoms with Gasteiger partial charge >= 0.3 is 6.36 Å². The van der Waals surface area contributed by atoms with E-state index in [-0.39, 0.29) is 10.8 Å². The minimum absolute atomic E-state index is 0.00405. The Morgan fingerprint density at radius 2 is 1.72 bits per heavy atom. The van der Waals surface area contributed by atoms with Crippen LogP contribution in [0.5, 0.6) is 11.5 Å². The highest BCUT2D eigenvalue weighted by Crippen LogP contribution is 2.29.